The fourth-order valence-corrected chi connectivity index (χ4v) is 1.84. The molecule has 0 bridgehead atoms. The average Bonchev–Trinajstić information content (AvgIpc) is 2.34. The largest absolute Gasteiger partial charge is 0.393 e. The molecule has 0 saturated carbocycles. The molecule has 2 N–H and O–H groups in total. The molecule has 0 aliphatic carbocycles. The first-order chi connectivity index (χ1) is 8.06. The number of hydrogen-bond acceptors (Lipinski definition) is 3. The molecule has 0 heterocycles. The SMILES string of the molecule is CCC(O)c1ccccc1N(C)CCC(C)O. The number of anilines is 1. The zero-order valence-electron chi connectivity index (χ0n) is 10.9. The van der Waals surface area contributed by atoms with E-state index in [-0.39, 0.29) is 6.10 Å². The van der Waals surface area contributed by atoms with Crippen molar-refractivity contribution >= 4 is 5.69 Å². The average molecular weight is 237 g/mol. The van der Waals surface area contributed by atoms with Crippen LogP contribution < -0.4 is 4.90 Å². The van der Waals surface area contributed by atoms with Gasteiger partial charge in [0.25, 0.3) is 0 Å². The molecule has 0 amide bonds. The molecule has 2 atom stereocenters. The summed E-state index contributed by atoms with van der Waals surface area (Å²) in [6.07, 6.45) is 0.731. The van der Waals surface area contributed by atoms with Gasteiger partial charge < -0.3 is 15.1 Å². The maximum atomic E-state index is 9.96. The number of hydrogen-bond donors (Lipinski definition) is 2. The number of rotatable bonds is 6. The molecular formula is C14H23NO2. The van der Waals surface area contributed by atoms with Crippen molar-refractivity contribution in [1.29, 1.82) is 0 Å². The molecule has 96 valence electrons. The van der Waals surface area contributed by atoms with Gasteiger partial charge in [-0.2, -0.15) is 0 Å². The lowest BCUT2D eigenvalue weighted by molar-refractivity contribution is 0.173. The smallest absolute Gasteiger partial charge is 0.0807 e. The van der Waals surface area contributed by atoms with Gasteiger partial charge >= 0.3 is 0 Å². The number of nitrogens with zero attached hydrogens (tertiary/aromatic N) is 1. The van der Waals surface area contributed by atoms with Crippen molar-refractivity contribution in [3.8, 4) is 0 Å². The Morgan fingerprint density at radius 2 is 1.88 bits per heavy atom. The zero-order chi connectivity index (χ0) is 12.8. The third-order valence-electron chi connectivity index (χ3n) is 2.98. The summed E-state index contributed by atoms with van der Waals surface area (Å²) in [6.45, 7) is 4.54. The predicted molar refractivity (Wildman–Crippen MR) is 71.3 cm³/mol. The number of benzene rings is 1. The maximum absolute atomic E-state index is 9.96. The summed E-state index contributed by atoms with van der Waals surface area (Å²) in [6, 6.07) is 7.89. The maximum Gasteiger partial charge on any atom is 0.0807 e. The van der Waals surface area contributed by atoms with Crippen LogP contribution in [-0.4, -0.2) is 29.9 Å². The third-order valence-corrected chi connectivity index (χ3v) is 2.98. The summed E-state index contributed by atoms with van der Waals surface area (Å²) in [4.78, 5) is 2.08. The van der Waals surface area contributed by atoms with Crippen molar-refractivity contribution in [3.05, 3.63) is 29.8 Å². The summed E-state index contributed by atoms with van der Waals surface area (Å²) in [5.74, 6) is 0. The molecule has 1 aromatic rings. The minimum absolute atomic E-state index is 0.291. The molecule has 17 heavy (non-hydrogen) atoms. The van der Waals surface area contributed by atoms with E-state index in [4.69, 9.17) is 0 Å². The zero-order valence-corrected chi connectivity index (χ0v) is 10.9. The van der Waals surface area contributed by atoms with Gasteiger partial charge in [0.05, 0.1) is 12.2 Å². The fraction of sp³-hybridized carbons (Fsp3) is 0.571. The second kappa shape index (κ2) is 6.62. The van der Waals surface area contributed by atoms with E-state index in [1.54, 1.807) is 6.92 Å². The second-order valence-corrected chi connectivity index (χ2v) is 4.54. The molecule has 0 spiro atoms. The van der Waals surface area contributed by atoms with Crippen LogP contribution >= 0.6 is 0 Å². The highest BCUT2D eigenvalue weighted by Gasteiger charge is 2.13. The standard InChI is InChI=1S/C14H23NO2/c1-4-14(17)12-7-5-6-8-13(12)15(3)10-9-11(2)16/h5-8,11,14,16-17H,4,9-10H2,1-3H3. The van der Waals surface area contributed by atoms with E-state index in [2.05, 4.69) is 4.90 Å². The van der Waals surface area contributed by atoms with E-state index in [9.17, 15) is 10.2 Å². The number of para-hydroxylation sites is 1. The van der Waals surface area contributed by atoms with Crippen molar-refractivity contribution in [2.75, 3.05) is 18.5 Å². The quantitative estimate of drug-likeness (QED) is 0.798. The van der Waals surface area contributed by atoms with Crippen LogP contribution in [0.5, 0.6) is 0 Å². The lowest BCUT2D eigenvalue weighted by atomic mass is 10.0. The fourth-order valence-electron chi connectivity index (χ4n) is 1.84. The molecule has 1 aromatic carbocycles. The van der Waals surface area contributed by atoms with Crippen LogP contribution in [0.15, 0.2) is 24.3 Å². The van der Waals surface area contributed by atoms with Gasteiger partial charge in [0, 0.05) is 24.8 Å². The Balaban J connectivity index is 2.81. The molecule has 3 heteroatoms. The van der Waals surface area contributed by atoms with Crippen LogP contribution in [0.4, 0.5) is 5.69 Å². The molecule has 3 nitrogen and oxygen atoms in total. The van der Waals surface area contributed by atoms with Gasteiger partial charge in [-0.05, 0) is 25.8 Å². The third kappa shape index (κ3) is 4.02. The highest BCUT2D eigenvalue weighted by Crippen LogP contribution is 2.27. The van der Waals surface area contributed by atoms with E-state index in [0.717, 1.165) is 24.2 Å². The lowest BCUT2D eigenvalue weighted by Gasteiger charge is -2.24. The van der Waals surface area contributed by atoms with Gasteiger partial charge in [-0.25, -0.2) is 0 Å². The van der Waals surface area contributed by atoms with Gasteiger partial charge in [0.1, 0.15) is 0 Å². The molecule has 0 radical (unpaired) electrons. The normalized spacial score (nSPS) is 14.4. The van der Waals surface area contributed by atoms with Gasteiger partial charge in [-0.15, -0.1) is 0 Å². The summed E-state index contributed by atoms with van der Waals surface area (Å²) in [7, 11) is 1.99. The molecule has 0 aliphatic rings. The van der Waals surface area contributed by atoms with Gasteiger partial charge in [0.2, 0.25) is 0 Å². The van der Waals surface area contributed by atoms with E-state index in [1.165, 1.54) is 0 Å². The Morgan fingerprint density at radius 3 is 2.47 bits per heavy atom. The summed E-state index contributed by atoms with van der Waals surface area (Å²) in [5, 5.41) is 19.3. The summed E-state index contributed by atoms with van der Waals surface area (Å²) >= 11 is 0. The predicted octanol–water partition coefficient (Wildman–Crippen LogP) is 2.34. The first-order valence-corrected chi connectivity index (χ1v) is 6.22. The van der Waals surface area contributed by atoms with Crippen LogP contribution in [0.2, 0.25) is 0 Å². The van der Waals surface area contributed by atoms with Crippen LogP contribution in [0.1, 0.15) is 38.4 Å². The first-order valence-electron chi connectivity index (χ1n) is 6.22. The lowest BCUT2D eigenvalue weighted by Crippen LogP contribution is -2.23. The van der Waals surface area contributed by atoms with E-state index in [1.807, 2.05) is 38.2 Å². The highest BCUT2D eigenvalue weighted by atomic mass is 16.3. The van der Waals surface area contributed by atoms with E-state index < -0.39 is 6.10 Å². The minimum Gasteiger partial charge on any atom is -0.393 e. The molecule has 0 fully saturated rings. The number of aliphatic hydroxyl groups excluding tert-OH is 2. The van der Waals surface area contributed by atoms with Crippen LogP contribution in [0, 0.1) is 0 Å². The van der Waals surface area contributed by atoms with Gasteiger partial charge in [-0.3, -0.25) is 0 Å². The summed E-state index contributed by atoms with van der Waals surface area (Å²) in [5.41, 5.74) is 2.01. The summed E-state index contributed by atoms with van der Waals surface area (Å²) < 4.78 is 0. The molecule has 0 aromatic heterocycles. The highest BCUT2D eigenvalue weighted by molar-refractivity contribution is 5.54. The van der Waals surface area contributed by atoms with Crippen molar-refractivity contribution < 1.29 is 10.2 Å². The van der Waals surface area contributed by atoms with E-state index >= 15 is 0 Å². The Bertz CT molecular complexity index is 339. The molecule has 0 saturated heterocycles. The Labute approximate surface area is 104 Å². The minimum atomic E-state index is -0.416. The van der Waals surface area contributed by atoms with Crippen molar-refractivity contribution in [2.24, 2.45) is 0 Å². The van der Waals surface area contributed by atoms with Crippen molar-refractivity contribution in [2.45, 2.75) is 38.9 Å². The molecule has 2 unspecified atom stereocenters. The van der Waals surface area contributed by atoms with Gasteiger partial charge in [-0.1, -0.05) is 25.1 Å². The Morgan fingerprint density at radius 1 is 1.24 bits per heavy atom. The molecule has 1 rings (SSSR count). The van der Waals surface area contributed by atoms with Gasteiger partial charge in [0.15, 0.2) is 0 Å². The van der Waals surface area contributed by atoms with Crippen LogP contribution in [0.3, 0.4) is 0 Å². The van der Waals surface area contributed by atoms with Crippen molar-refractivity contribution in [1.82, 2.24) is 0 Å². The monoisotopic (exact) mass is 237 g/mol. The Hall–Kier alpha value is -1.06. The van der Waals surface area contributed by atoms with E-state index in [0.29, 0.717) is 6.42 Å². The molecule has 0 aliphatic heterocycles. The topological polar surface area (TPSA) is 43.7 Å². The first kappa shape index (κ1) is 14.0. The second-order valence-electron chi connectivity index (χ2n) is 4.54. The van der Waals surface area contributed by atoms with Crippen LogP contribution in [-0.2, 0) is 0 Å². The number of aliphatic hydroxyl groups is 2. The van der Waals surface area contributed by atoms with Crippen LogP contribution in [0.25, 0.3) is 0 Å². The molecular weight excluding hydrogens is 214 g/mol. The van der Waals surface area contributed by atoms with Crippen molar-refractivity contribution in [3.63, 3.8) is 0 Å². The Kier molecular flexibility index (Phi) is 5.45.